The monoisotopic (exact) mass is 305 g/mol. The standard InChI is InChI=1S/C19H19N3O/c1-15-3-2-4-17(11-15)12-21-19(23)18-7-5-16(6-8-18)13-22-10-9-20-14-22/h2-11,14H,12-13H2,1H3,(H,21,23). The molecule has 1 aromatic heterocycles. The Kier molecular flexibility index (Phi) is 4.52. The second kappa shape index (κ2) is 6.92. The van der Waals surface area contributed by atoms with Crippen molar-refractivity contribution in [2.24, 2.45) is 0 Å². The first-order valence-electron chi connectivity index (χ1n) is 7.59. The van der Waals surface area contributed by atoms with Crippen LogP contribution in [0.2, 0.25) is 0 Å². The minimum Gasteiger partial charge on any atom is -0.348 e. The lowest BCUT2D eigenvalue weighted by atomic mass is 10.1. The lowest BCUT2D eigenvalue weighted by Crippen LogP contribution is -2.22. The smallest absolute Gasteiger partial charge is 0.251 e. The van der Waals surface area contributed by atoms with Crippen LogP contribution in [0.5, 0.6) is 0 Å². The number of nitrogens with one attached hydrogen (secondary N) is 1. The average Bonchev–Trinajstić information content (AvgIpc) is 3.06. The number of rotatable bonds is 5. The van der Waals surface area contributed by atoms with Gasteiger partial charge >= 0.3 is 0 Å². The van der Waals surface area contributed by atoms with Crippen LogP contribution >= 0.6 is 0 Å². The first-order valence-corrected chi connectivity index (χ1v) is 7.59. The van der Waals surface area contributed by atoms with E-state index in [1.54, 1.807) is 12.5 Å². The molecule has 4 heteroatoms. The van der Waals surface area contributed by atoms with Gasteiger partial charge in [-0.3, -0.25) is 4.79 Å². The van der Waals surface area contributed by atoms with E-state index >= 15 is 0 Å². The Bertz CT molecular complexity index is 777. The van der Waals surface area contributed by atoms with Crippen LogP contribution in [-0.2, 0) is 13.1 Å². The number of hydrogen-bond acceptors (Lipinski definition) is 2. The summed E-state index contributed by atoms with van der Waals surface area (Å²) < 4.78 is 1.99. The summed E-state index contributed by atoms with van der Waals surface area (Å²) in [6.07, 6.45) is 5.46. The molecule has 0 spiro atoms. The summed E-state index contributed by atoms with van der Waals surface area (Å²) in [4.78, 5) is 16.2. The number of nitrogens with zero attached hydrogens (tertiary/aromatic N) is 2. The fourth-order valence-electron chi connectivity index (χ4n) is 2.46. The maximum absolute atomic E-state index is 12.2. The van der Waals surface area contributed by atoms with Crippen LogP contribution in [0, 0.1) is 6.92 Å². The summed E-state index contributed by atoms with van der Waals surface area (Å²) in [6.45, 7) is 3.34. The molecule has 0 bridgehead atoms. The van der Waals surface area contributed by atoms with Gasteiger partial charge in [0.1, 0.15) is 0 Å². The summed E-state index contributed by atoms with van der Waals surface area (Å²) in [6, 6.07) is 15.8. The molecule has 0 aliphatic rings. The number of amides is 1. The zero-order valence-electron chi connectivity index (χ0n) is 13.1. The number of aryl methyl sites for hydroxylation is 1. The van der Waals surface area contributed by atoms with Gasteiger partial charge in [-0.1, -0.05) is 42.0 Å². The van der Waals surface area contributed by atoms with Gasteiger partial charge in [-0.05, 0) is 30.2 Å². The van der Waals surface area contributed by atoms with E-state index in [0.717, 1.165) is 17.7 Å². The van der Waals surface area contributed by atoms with E-state index in [1.165, 1.54) is 5.56 Å². The van der Waals surface area contributed by atoms with Gasteiger partial charge in [0.25, 0.3) is 5.91 Å². The van der Waals surface area contributed by atoms with Crippen molar-refractivity contribution in [3.63, 3.8) is 0 Å². The predicted octanol–water partition coefficient (Wildman–Crippen LogP) is 3.17. The molecule has 0 fully saturated rings. The predicted molar refractivity (Wildman–Crippen MR) is 90.1 cm³/mol. The largest absolute Gasteiger partial charge is 0.348 e. The van der Waals surface area contributed by atoms with E-state index in [-0.39, 0.29) is 5.91 Å². The number of imidazole rings is 1. The van der Waals surface area contributed by atoms with Crippen molar-refractivity contribution in [2.45, 2.75) is 20.0 Å². The van der Waals surface area contributed by atoms with Gasteiger partial charge in [-0.2, -0.15) is 0 Å². The van der Waals surface area contributed by atoms with Crippen LogP contribution < -0.4 is 5.32 Å². The summed E-state index contributed by atoms with van der Waals surface area (Å²) in [5.41, 5.74) is 4.11. The average molecular weight is 305 g/mol. The molecule has 23 heavy (non-hydrogen) atoms. The molecule has 116 valence electrons. The molecule has 0 saturated heterocycles. The fraction of sp³-hybridized carbons (Fsp3) is 0.158. The Labute approximate surface area is 135 Å². The van der Waals surface area contributed by atoms with E-state index in [0.29, 0.717) is 12.1 Å². The molecule has 0 aliphatic carbocycles. The Balaban J connectivity index is 1.59. The van der Waals surface area contributed by atoms with Crippen LogP contribution in [0.15, 0.2) is 67.3 Å². The molecule has 0 saturated carbocycles. The number of hydrogen-bond donors (Lipinski definition) is 1. The van der Waals surface area contributed by atoms with Crippen molar-refractivity contribution in [2.75, 3.05) is 0 Å². The van der Waals surface area contributed by atoms with Crippen LogP contribution in [0.4, 0.5) is 0 Å². The highest BCUT2D eigenvalue weighted by Gasteiger charge is 2.05. The maximum Gasteiger partial charge on any atom is 0.251 e. The molecule has 0 radical (unpaired) electrons. The molecule has 4 nitrogen and oxygen atoms in total. The van der Waals surface area contributed by atoms with Crippen LogP contribution in [-0.4, -0.2) is 15.5 Å². The lowest BCUT2D eigenvalue weighted by Gasteiger charge is -2.07. The van der Waals surface area contributed by atoms with Gasteiger partial charge in [0, 0.05) is 31.0 Å². The SMILES string of the molecule is Cc1cccc(CNC(=O)c2ccc(Cn3ccnc3)cc2)c1. The van der Waals surface area contributed by atoms with Gasteiger partial charge in [-0.15, -0.1) is 0 Å². The summed E-state index contributed by atoms with van der Waals surface area (Å²) >= 11 is 0. The van der Waals surface area contributed by atoms with Crippen molar-refractivity contribution < 1.29 is 4.79 Å². The third-order valence-corrected chi connectivity index (χ3v) is 3.68. The summed E-state index contributed by atoms with van der Waals surface area (Å²) in [7, 11) is 0. The molecule has 1 amide bonds. The molecule has 3 aromatic rings. The van der Waals surface area contributed by atoms with E-state index in [4.69, 9.17) is 0 Å². The first kappa shape index (κ1) is 15.0. The Morgan fingerprint density at radius 3 is 2.65 bits per heavy atom. The molecule has 0 unspecified atom stereocenters. The zero-order valence-corrected chi connectivity index (χ0v) is 13.1. The number of carbonyl (C=O) groups excluding carboxylic acids is 1. The highest BCUT2D eigenvalue weighted by Crippen LogP contribution is 2.08. The van der Waals surface area contributed by atoms with Gasteiger partial charge in [0.05, 0.1) is 6.33 Å². The fourth-order valence-corrected chi connectivity index (χ4v) is 2.46. The zero-order chi connectivity index (χ0) is 16.1. The molecule has 1 heterocycles. The minimum absolute atomic E-state index is 0.0549. The molecular weight excluding hydrogens is 286 g/mol. The van der Waals surface area contributed by atoms with E-state index < -0.39 is 0 Å². The van der Waals surface area contributed by atoms with E-state index in [9.17, 15) is 4.79 Å². The highest BCUT2D eigenvalue weighted by atomic mass is 16.1. The molecular formula is C19H19N3O. The number of carbonyl (C=O) groups is 1. The molecule has 0 aliphatic heterocycles. The summed E-state index contributed by atoms with van der Waals surface area (Å²) in [5, 5.41) is 2.95. The maximum atomic E-state index is 12.2. The van der Waals surface area contributed by atoms with Gasteiger partial charge in [0.2, 0.25) is 0 Å². The number of benzene rings is 2. The quantitative estimate of drug-likeness (QED) is 0.787. The topological polar surface area (TPSA) is 46.9 Å². The second-order valence-electron chi connectivity index (χ2n) is 5.60. The molecule has 0 atom stereocenters. The molecule has 2 aromatic carbocycles. The number of aromatic nitrogens is 2. The van der Waals surface area contributed by atoms with Crippen molar-refractivity contribution in [1.82, 2.24) is 14.9 Å². The Morgan fingerprint density at radius 2 is 1.96 bits per heavy atom. The van der Waals surface area contributed by atoms with E-state index in [2.05, 4.69) is 16.4 Å². The van der Waals surface area contributed by atoms with Crippen molar-refractivity contribution in [1.29, 1.82) is 0 Å². The van der Waals surface area contributed by atoms with Gasteiger partial charge < -0.3 is 9.88 Å². The van der Waals surface area contributed by atoms with Gasteiger partial charge in [-0.25, -0.2) is 4.98 Å². The minimum atomic E-state index is -0.0549. The Hall–Kier alpha value is -2.88. The van der Waals surface area contributed by atoms with Crippen LogP contribution in [0.25, 0.3) is 0 Å². The van der Waals surface area contributed by atoms with Crippen LogP contribution in [0.3, 0.4) is 0 Å². The van der Waals surface area contributed by atoms with Crippen molar-refractivity contribution in [3.8, 4) is 0 Å². The lowest BCUT2D eigenvalue weighted by molar-refractivity contribution is 0.0951. The van der Waals surface area contributed by atoms with Crippen molar-refractivity contribution in [3.05, 3.63) is 89.5 Å². The summed E-state index contributed by atoms with van der Waals surface area (Å²) in [5.74, 6) is -0.0549. The Morgan fingerprint density at radius 1 is 1.13 bits per heavy atom. The third kappa shape index (κ3) is 4.07. The van der Waals surface area contributed by atoms with Crippen LogP contribution in [0.1, 0.15) is 27.0 Å². The second-order valence-corrected chi connectivity index (χ2v) is 5.60. The first-order chi connectivity index (χ1) is 11.2. The normalized spacial score (nSPS) is 10.5. The molecule has 3 rings (SSSR count). The molecule has 1 N–H and O–H groups in total. The highest BCUT2D eigenvalue weighted by molar-refractivity contribution is 5.94. The third-order valence-electron chi connectivity index (χ3n) is 3.68. The van der Waals surface area contributed by atoms with E-state index in [1.807, 2.05) is 60.2 Å². The van der Waals surface area contributed by atoms with Gasteiger partial charge in [0.15, 0.2) is 0 Å². The van der Waals surface area contributed by atoms with Crippen molar-refractivity contribution >= 4 is 5.91 Å².